The van der Waals surface area contributed by atoms with Gasteiger partial charge in [0.25, 0.3) is 0 Å². The van der Waals surface area contributed by atoms with Gasteiger partial charge in [-0.3, -0.25) is 4.90 Å². The maximum absolute atomic E-state index is 11.2. The summed E-state index contributed by atoms with van der Waals surface area (Å²) in [6, 6.07) is 8.77. The van der Waals surface area contributed by atoms with Gasteiger partial charge in [0.15, 0.2) is 0 Å². The summed E-state index contributed by atoms with van der Waals surface area (Å²) in [6.45, 7) is 1.71. The second kappa shape index (κ2) is 5.12. The predicted octanol–water partition coefficient (Wildman–Crippen LogP) is 0.963. The molecule has 1 fully saturated rings. The van der Waals surface area contributed by atoms with Gasteiger partial charge in [0.2, 0.25) is 0 Å². The first-order valence-corrected chi connectivity index (χ1v) is 5.79. The molecule has 86 valence electrons. The van der Waals surface area contributed by atoms with Gasteiger partial charge in [-0.25, -0.2) is 0 Å². The molecule has 0 saturated carbocycles. The van der Waals surface area contributed by atoms with Gasteiger partial charge < -0.3 is 9.90 Å². The number of hydrogen-bond donors (Lipinski definition) is 0. The first-order valence-electron chi connectivity index (χ1n) is 5.79. The van der Waals surface area contributed by atoms with Gasteiger partial charge in [-0.1, -0.05) is 36.8 Å². The number of nitrogens with zero attached hydrogens (tertiary/aromatic N) is 1. The van der Waals surface area contributed by atoms with Crippen LogP contribution >= 0.6 is 0 Å². The van der Waals surface area contributed by atoms with Gasteiger partial charge in [0.1, 0.15) is 0 Å². The van der Waals surface area contributed by atoms with E-state index in [1.54, 1.807) is 0 Å². The quantitative estimate of drug-likeness (QED) is 0.759. The zero-order valence-corrected chi connectivity index (χ0v) is 9.26. The fraction of sp³-hybridized carbons (Fsp3) is 0.462. The van der Waals surface area contributed by atoms with Gasteiger partial charge in [-0.2, -0.15) is 0 Å². The van der Waals surface area contributed by atoms with Gasteiger partial charge >= 0.3 is 0 Å². The number of carboxylic acids is 1. The molecule has 0 N–H and O–H groups in total. The van der Waals surface area contributed by atoms with Crippen LogP contribution in [0.5, 0.6) is 0 Å². The number of piperidine rings is 1. The molecule has 0 radical (unpaired) electrons. The Hall–Kier alpha value is -1.35. The summed E-state index contributed by atoms with van der Waals surface area (Å²) >= 11 is 0. The molecule has 1 saturated heterocycles. The van der Waals surface area contributed by atoms with E-state index in [1.165, 1.54) is 6.42 Å². The molecule has 3 nitrogen and oxygen atoms in total. The third-order valence-corrected chi connectivity index (χ3v) is 3.09. The number of aliphatic carboxylic acids is 1. The standard InChI is InChI=1S/C13H17NO2/c15-13(16)12(11-7-3-1-4-8-11)14-9-5-2-6-10-14/h1,3-4,7-8,12H,2,5-6,9-10H2,(H,15,16)/p-1. The number of likely N-dealkylation sites (tertiary alicyclic amines) is 1. The number of carboxylic acid groups (broad SMARTS) is 1. The summed E-state index contributed by atoms with van der Waals surface area (Å²) in [5.41, 5.74) is 0.824. The molecular formula is C13H16NO2-. The van der Waals surface area contributed by atoms with E-state index in [4.69, 9.17) is 0 Å². The third-order valence-electron chi connectivity index (χ3n) is 3.09. The molecule has 0 aromatic heterocycles. The lowest BCUT2D eigenvalue weighted by Gasteiger charge is -2.35. The molecule has 1 aromatic carbocycles. The van der Waals surface area contributed by atoms with E-state index in [-0.39, 0.29) is 0 Å². The van der Waals surface area contributed by atoms with Crippen molar-refractivity contribution in [2.75, 3.05) is 13.1 Å². The van der Waals surface area contributed by atoms with E-state index < -0.39 is 12.0 Å². The van der Waals surface area contributed by atoms with Crippen molar-refractivity contribution in [1.29, 1.82) is 0 Å². The van der Waals surface area contributed by atoms with Crippen LogP contribution in [0.1, 0.15) is 30.9 Å². The van der Waals surface area contributed by atoms with Gasteiger partial charge in [0, 0.05) is 0 Å². The van der Waals surface area contributed by atoms with Crippen molar-refractivity contribution >= 4 is 5.97 Å². The van der Waals surface area contributed by atoms with Crippen LogP contribution in [0, 0.1) is 0 Å². The normalized spacial score (nSPS) is 19.2. The summed E-state index contributed by atoms with van der Waals surface area (Å²) < 4.78 is 0. The zero-order chi connectivity index (χ0) is 11.4. The molecule has 16 heavy (non-hydrogen) atoms. The minimum absolute atomic E-state index is 0.582. The van der Waals surface area contributed by atoms with Crippen molar-refractivity contribution in [3.8, 4) is 0 Å². The SMILES string of the molecule is O=C([O-])C(c1ccccc1)N1CCCCC1. The van der Waals surface area contributed by atoms with E-state index >= 15 is 0 Å². The molecule has 0 aliphatic carbocycles. The fourth-order valence-corrected chi connectivity index (χ4v) is 2.31. The minimum Gasteiger partial charge on any atom is -0.548 e. The largest absolute Gasteiger partial charge is 0.548 e. The second-order valence-electron chi connectivity index (χ2n) is 4.23. The highest BCUT2D eigenvalue weighted by molar-refractivity contribution is 5.73. The van der Waals surface area contributed by atoms with Gasteiger partial charge in [-0.05, 0) is 31.5 Å². The van der Waals surface area contributed by atoms with Crippen LogP contribution in [0.25, 0.3) is 0 Å². The predicted molar refractivity (Wildman–Crippen MR) is 59.6 cm³/mol. The van der Waals surface area contributed by atoms with E-state index in [9.17, 15) is 9.90 Å². The van der Waals surface area contributed by atoms with E-state index in [1.807, 2.05) is 35.2 Å². The maximum atomic E-state index is 11.2. The Balaban J connectivity index is 2.20. The first-order chi connectivity index (χ1) is 7.79. The molecule has 0 bridgehead atoms. The Morgan fingerprint density at radius 3 is 2.31 bits per heavy atom. The molecule has 0 spiro atoms. The average Bonchev–Trinajstić information content (AvgIpc) is 2.31. The molecule has 1 aromatic rings. The van der Waals surface area contributed by atoms with Crippen molar-refractivity contribution in [3.63, 3.8) is 0 Å². The molecule has 2 rings (SSSR count). The topological polar surface area (TPSA) is 43.4 Å². The Morgan fingerprint density at radius 2 is 1.75 bits per heavy atom. The maximum Gasteiger partial charge on any atom is 0.0749 e. The number of benzene rings is 1. The average molecular weight is 218 g/mol. The van der Waals surface area contributed by atoms with Crippen LogP contribution in [0.4, 0.5) is 0 Å². The van der Waals surface area contributed by atoms with Crippen molar-refractivity contribution in [2.45, 2.75) is 25.3 Å². The van der Waals surface area contributed by atoms with Gasteiger partial charge in [0.05, 0.1) is 12.0 Å². The number of carbonyl (C=O) groups is 1. The molecule has 1 atom stereocenters. The van der Waals surface area contributed by atoms with Crippen LogP contribution in [-0.4, -0.2) is 24.0 Å². The number of carbonyl (C=O) groups excluding carboxylic acids is 1. The van der Waals surface area contributed by atoms with Crippen LogP contribution in [0.3, 0.4) is 0 Å². The van der Waals surface area contributed by atoms with Crippen molar-refractivity contribution in [1.82, 2.24) is 4.90 Å². The summed E-state index contributed by atoms with van der Waals surface area (Å²) in [4.78, 5) is 13.3. The van der Waals surface area contributed by atoms with Crippen molar-refractivity contribution < 1.29 is 9.90 Å². The highest BCUT2D eigenvalue weighted by Crippen LogP contribution is 2.23. The third kappa shape index (κ3) is 2.42. The summed E-state index contributed by atoms with van der Waals surface area (Å²) in [5, 5.41) is 11.2. The molecule has 1 aliphatic heterocycles. The summed E-state index contributed by atoms with van der Waals surface area (Å²) in [5.74, 6) is -0.992. The zero-order valence-electron chi connectivity index (χ0n) is 9.26. The van der Waals surface area contributed by atoms with Crippen LogP contribution < -0.4 is 5.11 Å². The van der Waals surface area contributed by atoms with Gasteiger partial charge in [-0.15, -0.1) is 0 Å². The fourth-order valence-electron chi connectivity index (χ4n) is 2.31. The number of rotatable bonds is 3. The van der Waals surface area contributed by atoms with E-state index in [0.29, 0.717) is 0 Å². The number of hydrogen-bond acceptors (Lipinski definition) is 3. The van der Waals surface area contributed by atoms with Crippen molar-refractivity contribution in [3.05, 3.63) is 35.9 Å². The monoisotopic (exact) mass is 218 g/mol. The molecule has 0 amide bonds. The molecule has 1 heterocycles. The second-order valence-corrected chi connectivity index (χ2v) is 4.23. The summed E-state index contributed by atoms with van der Waals surface area (Å²) in [6.07, 6.45) is 3.36. The van der Waals surface area contributed by atoms with E-state index in [0.717, 1.165) is 31.5 Å². The van der Waals surface area contributed by atoms with Crippen LogP contribution in [0.15, 0.2) is 30.3 Å². The van der Waals surface area contributed by atoms with Crippen LogP contribution in [0.2, 0.25) is 0 Å². The Morgan fingerprint density at radius 1 is 1.12 bits per heavy atom. The lowest BCUT2D eigenvalue weighted by Crippen LogP contribution is -2.43. The lowest BCUT2D eigenvalue weighted by atomic mass is 10.0. The lowest BCUT2D eigenvalue weighted by molar-refractivity contribution is -0.312. The molecule has 1 unspecified atom stereocenters. The highest BCUT2D eigenvalue weighted by Gasteiger charge is 2.22. The highest BCUT2D eigenvalue weighted by atomic mass is 16.4. The molecule has 1 aliphatic rings. The Bertz CT molecular complexity index is 344. The Kier molecular flexibility index (Phi) is 3.57. The first kappa shape index (κ1) is 11.1. The van der Waals surface area contributed by atoms with Crippen molar-refractivity contribution in [2.24, 2.45) is 0 Å². The van der Waals surface area contributed by atoms with Crippen LogP contribution in [-0.2, 0) is 4.79 Å². The Labute approximate surface area is 95.7 Å². The smallest absolute Gasteiger partial charge is 0.0749 e. The summed E-state index contributed by atoms with van der Waals surface area (Å²) in [7, 11) is 0. The minimum atomic E-state index is -0.992. The van der Waals surface area contributed by atoms with E-state index in [2.05, 4.69) is 0 Å². The molecule has 3 heteroatoms. The molecular weight excluding hydrogens is 202 g/mol.